The summed E-state index contributed by atoms with van der Waals surface area (Å²) in [5.41, 5.74) is 4.03. The number of anilines is 2. The Morgan fingerprint density at radius 3 is 1.82 bits per heavy atom. The minimum Gasteiger partial charge on any atom is -0.492 e. The normalized spacial score (nSPS) is 16.7. The van der Waals surface area contributed by atoms with Crippen molar-refractivity contribution in [3.8, 4) is 23.0 Å². The van der Waals surface area contributed by atoms with Crippen molar-refractivity contribution in [3.05, 3.63) is 107 Å². The van der Waals surface area contributed by atoms with Crippen molar-refractivity contribution in [2.24, 2.45) is 0 Å². The molecular formula is C31H26N2O5. The highest BCUT2D eigenvalue weighted by Crippen LogP contribution is 2.50. The van der Waals surface area contributed by atoms with E-state index >= 15 is 0 Å². The van der Waals surface area contributed by atoms with E-state index in [0.29, 0.717) is 35.8 Å². The molecule has 1 unspecified atom stereocenters. The van der Waals surface area contributed by atoms with E-state index in [1.165, 1.54) is 0 Å². The zero-order chi connectivity index (χ0) is 26.3. The number of ketones is 1. The molecule has 1 spiro atoms. The molecule has 1 amide bonds. The molecule has 0 saturated heterocycles. The SMILES string of the molecule is CNc1ccc(Oc2ccc(NC(=O)c3ccc4c(c3)C3(COc5ccc(C(C)=O)cc53)CO4)cc2)cc1. The Morgan fingerprint density at radius 2 is 1.26 bits per heavy atom. The first-order chi connectivity index (χ1) is 18.4. The van der Waals surface area contributed by atoms with Crippen LogP contribution in [0.25, 0.3) is 0 Å². The number of rotatable bonds is 6. The smallest absolute Gasteiger partial charge is 0.255 e. The van der Waals surface area contributed by atoms with Gasteiger partial charge in [-0.25, -0.2) is 0 Å². The Bertz CT molecular complexity index is 1540. The van der Waals surface area contributed by atoms with Crippen LogP contribution in [-0.2, 0) is 5.41 Å². The monoisotopic (exact) mass is 506 g/mol. The molecule has 0 saturated carbocycles. The van der Waals surface area contributed by atoms with Gasteiger partial charge in [-0.2, -0.15) is 0 Å². The molecule has 0 fully saturated rings. The molecule has 4 aromatic carbocycles. The second kappa shape index (κ2) is 9.27. The summed E-state index contributed by atoms with van der Waals surface area (Å²) in [4.78, 5) is 25.2. The predicted molar refractivity (Wildman–Crippen MR) is 145 cm³/mol. The van der Waals surface area contributed by atoms with E-state index in [9.17, 15) is 9.59 Å². The van der Waals surface area contributed by atoms with Gasteiger partial charge in [-0.3, -0.25) is 9.59 Å². The van der Waals surface area contributed by atoms with Crippen molar-refractivity contribution in [2.45, 2.75) is 12.3 Å². The van der Waals surface area contributed by atoms with Crippen LogP contribution in [0, 0.1) is 0 Å². The standard InChI is InChI=1S/C31H26N2O5/c1-19(34)20-3-13-28-26(15-20)31(17-36-28)18-37-29-14-4-21(16-27(29)31)30(35)33-23-7-11-25(12-8-23)38-24-9-5-22(32-2)6-10-24/h3-16,32H,17-18H2,1-2H3,(H,33,35). The van der Waals surface area contributed by atoms with E-state index in [1.54, 1.807) is 31.2 Å². The van der Waals surface area contributed by atoms with Crippen LogP contribution in [-0.4, -0.2) is 32.0 Å². The number of benzene rings is 4. The summed E-state index contributed by atoms with van der Waals surface area (Å²) >= 11 is 0. The number of Topliss-reactive ketones (excluding diaryl/α,β-unsaturated/α-hetero) is 1. The molecule has 2 heterocycles. The minimum atomic E-state index is -0.559. The fourth-order valence-corrected chi connectivity index (χ4v) is 4.95. The lowest BCUT2D eigenvalue weighted by atomic mass is 9.77. The highest BCUT2D eigenvalue weighted by atomic mass is 16.5. The molecule has 2 N–H and O–H groups in total. The molecule has 0 bridgehead atoms. The molecule has 7 heteroatoms. The van der Waals surface area contributed by atoms with Gasteiger partial charge in [-0.15, -0.1) is 0 Å². The third kappa shape index (κ3) is 4.12. The molecule has 6 rings (SSSR count). The van der Waals surface area contributed by atoms with Crippen molar-refractivity contribution in [1.82, 2.24) is 0 Å². The van der Waals surface area contributed by atoms with Gasteiger partial charge in [-0.1, -0.05) is 0 Å². The minimum absolute atomic E-state index is 0.00904. The van der Waals surface area contributed by atoms with E-state index in [2.05, 4.69) is 10.6 Å². The summed E-state index contributed by atoms with van der Waals surface area (Å²) in [7, 11) is 1.87. The fraction of sp³-hybridized carbons (Fsp3) is 0.161. The summed E-state index contributed by atoms with van der Waals surface area (Å²) in [5.74, 6) is 2.61. The first-order valence-electron chi connectivity index (χ1n) is 12.4. The number of nitrogens with one attached hydrogen (secondary N) is 2. The Kier molecular flexibility index (Phi) is 5.76. The van der Waals surface area contributed by atoms with Gasteiger partial charge in [-0.05, 0) is 91.9 Å². The molecular weight excluding hydrogens is 480 g/mol. The second-order valence-corrected chi connectivity index (χ2v) is 9.49. The molecule has 38 heavy (non-hydrogen) atoms. The summed E-state index contributed by atoms with van der Waals surface area (Å²) in [6.45, 7) is 2.33. The zero-order valence-corrected chi connectivity index (χ0v) is 21.0. The zero-order valence-electron chi connectivity index (χ0n) is 21.0. The van der Waals surface area contributed by atoms with Crippen LogP contribution >= 0.6 is 0 Å². The number of hydrogen-bond acceptors (Lipinski definition) is 6. The maximum absolute atomic E-state index is 13.2. The Hall–Kier alpha value is -4.78. The van der Waals surface area contributed by atoms with Crippen LogP contribution in [0.2, 0.25) is 0 Å². The first-order valence-corrected chi connectivity index (χ1v) is 12.4. The summed E-state index contributed by atoms with van der Waals surface area (Å²) in [5, 5.41) is 6.03. The van der Waals surface area contributed by atoms with E-state index in [0.717, 1.165) is 34.1 Å². The van der Waals surface area contributed by atoms with Gasteiger partial charge >= 0.3 is 0 Å². The maximum atomic E-state index is 13.2. The molecule has 4 aromatic rings. The van der Waals surface area contributed by atoms with Crippen LogP contribution in [0.15, 0.2) is 84.9 Å². The quantitative estimate of drug-likeness (QED) is 0.310. The molecule has 190 valence electrons. The predicted octanol–water partition coefficient (Wildman–Crippen LogP) is 6.05. The van der Waals surface area contributed by atoms with Crippen LogP contribution in [0.4, 0.5) is 11.4 Å². The molecule has 0 aliphatic carbocycles. The molecule has 2 aliphatic heterocycles. The van der Waals surface area contributed by atoms with Crippen molar-refractivity contribution in [3.63, 3.8) is 0 Å². The van der Waals surface area contributed by atoms with Gasteiger partial charge in [0, 0.05) is 40.7 Å². The molecule has 7 nitrogen and oxygen atoms in total. The number of carbonyl (C=O) groups is 2. The summed E-state index contributed by atoms with van der Waals surface area (Å²) in [6, 6.07) is 25.8. The summed E-state index contributed by atoms with van der Waals surface area (Å²) in [6.07, 6.45) is 0. The number of fused-ring (bicyclic) bond motifs is 4. The van der Waals surface area contributed by atoms with Crippen LogP contribution < -0.4 is 24.8 Å². The Balaban J connectivity index is 1.21. The average molecular weight is 507 g/mol. The van der Waals surface area contributed by atoms with E-state index < -0.39 is 5.41 Å². The van der Waals surface area contributed by atoms with Gasteiger partial charge in [0.15, 0.2) is 5.78 Å². The highest BCUT2D eigenvalue weighted by Gasteiger charge is 2.49. The fourth-order valence-electron chi connectivity index (χ4n) is 4.95. The number of ether oxygens (including phenoxy) is 3. The lowest BCUT2D eigenvalue weighted by Crippen LogP contribution is -2.31. The third-order valence-electron chi connectivity index (χ3n) is 7.10. The lowest BCUT2D eigenvalue weighted by Gasteiger charge is -2.21. The third-order valence-corrected chi connectivity index (χ3v) is 7.10. The van der Waals surface area contributed by atoms with E-state index in [1.807, 2.05) is 67.7 Å². The molecule has 0 radical (unpaired) electrons. The van der Waals surface area contributed by atoms with Crippen LogP contribution in [0.3, 0.4) is 0 Å². The van der Waals surface area contributed by atoms with Gasteiger partial charge in [0.1, 0.15) is 36.2 Å². The van der Waals surface area contributed by atoms with Crippen molar-refractivity contribution in [1.29, 1.82) is 0 Å². The second-order valence-electron chi connectivity index (χ2n) is 9.49. The molecule has 2 aliphatic rings. The average Bonchev–Trinajstić information content (AvgIpc) is 3.51. The number of hydrogen-bond donors (Lipinski definition) is 2. The van der Waals surface area contributed by atoms with Crippen LogP contribution in [0.1, 0.15) is 38.8 Å². The van der Waals surface area contributed by atoms with Gasteiger partial charge < -0.3 is 24.8 Å². The van der Waals surface area contributed by atoms with Gasteiger partial charge in [0.25, 0.3) is 5.91 Å². The molecule has 0 aromatic heterocycles. The van der Waals surface area contributed by atoms with Crippen molar-refractivity contribution < 1.29 is 23.8 Å². The number of amides is 1. The largest absolute Gasteiger partial charge is 0.492 e. The maximum Gasteiger partial charge on any atom is 0.255 e. The van der Waals surface area contributed by atoms with Crippen LogP contribution in [0.5, 0.6) is 23.0 Å². The van der Waals surface area contributed by atoms with Crippen molar-refractivity contribution in [2.75, 3.05) is 30.9 Å². The van der Waals surface area contributed by atoms with E-state index in [4.69, 9.17) is 14.2 Å². The lowest BCUT2D eigenvalue weighted by molar-refractivity contribution is 0.101. The Labute approximate surface area is 220 Å². The number of carbonyl (C=O) groups excluding carboxylic acids is 2. The summed E-state index contributed by atoms with van der Waals surface area (Å²) < 4.78 is 17.9. The van der Waals surface area contributed by atoms with Gasteiger partial charge in [0.2, 0.25) is 0 Å². The van der Waals surface area contributed by atoms with E-state index in [-0.39, 0.29) is 11.7 Å². The highest BCUT2D eigenvalue weighted by molar-refractivity contribution is 6.04. The van der Waals surface area contributed by atoms with Crippen molar-refractivity contribution >= 4 is 23.1 Å². The molecule has 1 atom stereocenters. The Morgan fingerprint density at radius 1 is 0.737 bits per heavy atom. The topological polar surface area (TPSA) is 85.9 Å². The van der Waals surface area contributed by atoms with Gasteiger partial charge in [0.05, 0.1) is 5.41 Å². The first kappa shape index (κ1) is 23.6.